The molecule has 0 saturated heterocycles. The summed E-state index contributed by atoms with van der Waals surface area (Å²) in [6, 6.07) is 0.0148. The molecular weight excluding hydrogens is 354 g/mol. The fraction of sp³-hybridized carbons (Fsp3) is 1.00. The molecule has 3 N–H and O–H groups in total. The average molecular weight is 404 g/mol. The first-order valence-corrected chi connectivity index (χ1v) is 13.1. The molecule has 2 nitrogen and oxygen atoms in total. The van der Waals surface area contributed by atoms with E-state index in [0.29, 0.717) is 10.8 Å². The summed E-state index contributed by atoms with van der Waals surface area (Å²) in [7, 11) is 0. The van der Waals surface area contributed by atoms with Crippen molar-refractivity contribution in [3.8, 4) is 0 Å². The van der Waals surface area contributed by atoms with Crippen molar-refractivity contribution in [1.29, 1.82) is 0 Å². The molecule has 168 valence electrons. The van der Waals surface area contributed by atoms with Gasteiger partial charge >= 0.3 is 0 Å². The summed E-state index contributed by atoms with van der Waals surface area (Å²) in [5.74, 6) is 6.10. The van der Waals surface area contributed by atoms with Crippen molar-refractivity contribution in [2.45, 2.75) is 117 Å². The smallest absolute Gasteiger partial charge is 0.0696 e. The molecule has 4 aliphatic carbocycles. The van der Waals surface area contributed by atoms with Gasteiger partial charge in [0.05, 0.1) is 6.10 Å². The largest absolute Gasteiger partial charge is 0.391 e. The molecular formula is C27H49NO. The molecule has 4 saturated carbocycles. The Hall–Kier alpha value is -0.0800. The molecule has 0 spiro atoms. The van der Waals surface area contributed by atoms with Gasteiger partial charge in [-0.05, 0) is 104 Å². The molecule has 4 rings (SSSR count). The molecule has 0 aromatic heterocycles. The summed E-state index contributed by atoms with van der Waals surface area (Å²) in [6.45, 7) is 12.5. The molecule has 0 bridgehead atoms. The third-order valence-corrected chi connectivity index (χ3v) is 11.0. The zero-order chi connectivity index (χ0) is 21.0. The summed E-state index contributed by atoms with van der Waals surface area (Å²) >= 11 is 0. The van der Waals surface area contributed by atoms with Crippen molar-refractivity contribution >= 4 is 0 Å². The first kappa shape index (κ1) is 22.1. The van der Waals surface area contributed by atoms with Gasteiger partial charge in [-0.15, -0.1) is 0 Å². The van der Waals surface area contributed by atoms with Gasteiger partial charge < -0.3 is 10.8 Å². The van der Waals surface area contributed by atoms with E-state index in [9.17, 15) is 5.11 Å². The summed E-state index contributed by atoms with van der Waals surface area (Å²) in [6.07, 6.45) is 14.6. The van der Waals surface area contributed by atoms with Crippen LogP contribution in [0.15, 0.2) is 0 Å². The molecule has 4 aliphatic rings. The number of hydrogen-bond donors (Lipinski definition) is 2. The second-order valence-electron chi connectivity index (χ2n) is 12.9. The van der Waals surface area contributed by atoms with Crippen LogP contribution in [-0.4, -0.2) is 17.3 Å². The molecule has 10 atom stereocenters. The zero-order valence-corrected chi connectivity index (χ0v) is 20.0. The van der Waals surface area contributed by atoms with Crippen LogP contribution in [-0.2, 0) is 0 Å². The van der Waals surface area contributed by atoms with Crippen molar-refractivity contribution in [3.05, 3.63) is 0 Å². The Morgan fingerprint density at radius 1 is 0.931 bits per heavy atom. The van der Waals surface area contributed by atoms with Crippen LogP contribution in [0.25, 0.3) is 0 Å². The van der Waals surface area contributed by atoms with E-state index >= 15 is 0 Å². The van der Waals surface area contributed by atoms with E-state index in [1.165, 1.54) is 57.8 Å². The Bertz CT molecular complexity index is 575. The highest BCUT2D eigenvalue weighted by Gasteiger charge is 2.61. The Balaban J connectivity index is 1.47. The molecule has 4 fully saturated rings. The molecule has 29 heavy (non-hydrogen) atoms. The van der Waals surface area contributed by atoms with E-state index < -0.39 is 0 Å². The van der Waals surface area contributed by atoms with Gasteiger partial charge in [0.25, 0.3) is 0 Å². The van der Waals surface area contributed by atoms with Crippen LogP contribution in [0.1, 0.15) is 105 Å². The summed E-state index contributed by atoms with van der Waals surface area (Å²) in [5, 5.41) is 10.6. The molecule has 0 aliphatic heterocycles. The van der Waals surface area contributed by atoms with E-state index in [0.717, 1.165) is 54.3 Å². The molecule has 0 aromatic rings. The minimum Gasteiger partial charge on any atom is -0.391 e. The summed E-state index contributed by atoms with van der Waals surface area (Å²) in [5.41, 5.74) is 7.19. The quantitative estimate of drug-likeness (QED) is 0.557. The van der Waals surface area contributed by atoms with Gasteiger partial charge in [-0.3, -0.25) is 0 Å². The molecule has 0 aromatic carbocycles. The van der Waals surface area contributed by atoms with E-state index in [4.69, 9.17) is 5.73 Å². The van der Waals surface area contributed by atoms with Gasteiger partial charge in [0.1, 0.15) is 0 Å². The monoisotopic (exact) mass is 403 g/mol. The molecule has 0 heterocycles. The molecule has 2 heteroatoms. The summed E-state index contributed by atoms with van der Waals surface area (Å²) < 4.78 is 0. The van der Waals surface area contributed by atoms with Crippen LogP contribution in [0.2, 0.25) is 0 Å². The van der Waals surface area contributed by atoms with Gasteiger partial charge in [-0.1, -0.05) is 53.9 Å². The number of aliphatic hydroxyl groups is 1. The van der Waals surface area contributed by atoms with Crippen LogP contribution < -0.4 is 5.73 Å². The fourth-order valence-electron chi connectivity index (χ4n) is 9.35. The lowest BCUT2D eigenvalue weighted by molar-refractivity contribution is -0.136. The highest BCUT2D eigenvalue weighted by atomic mass is 16.3. The number of hydrogen-bond acceptors (Lipinski definition) is 2. The molecule has 0 radical (unpaired) electrons. The Morgan fingerprint density at radius 2 is 1.66 bits per heavy atom. The highest BCUT2D eigenvalue weighted by molar-refractivity contribution is 5.10. The lowest BCUT2D eigenvalue weighted by atomic mass is 9.44. The maximum atomic E-state index is 10.6. The number of fused-ring (bicyclic) bond motifs is 5. The topological polar surface area (TPSA) is 46.2 Å². The van der Waals surface area contributed by atoms with Crippen LogP contribution in [0.4, 0.5) is 0 Å². The standard InChI is InChI=1S/C27H49NO/c1-17(2)7-6-8-18(3)21-11-12-22-20-10-9-19-15-24(28)25(29)16-27(19,5)23(20)13-14-26(21,22)4/h17-25,29H,6-16,28H2,1-5H3/t18-,19?,20+,21-,22+,23+,24+,25+,26-,27+/m1/s1. The highest BCUT2D eigenvalue weighted by Crippen LogP contribution is 2.68. The van der Waals surface area contributed by atoms with E-state index in [1.54, 1.807) is 0 Å². The van der Waals surface area contributed by atoms with E-state index in [-0.39, 0.29) is 12.1 Å². The minimum atomic E-state index is -0.277. The third kappa shape index (κ3) is 3.73. The maximum Gasteiger partial charge on any atom is 0.0696 e. The zero-order valence-electron chi connectivity index (χ0n) is 20.0. The molecule has 0 amide bonds. The molecule has 1 unspecified atom stereocenters. The Kier molecular flexibility index (Phi) is 6.19. The van der Waals surface area contributed by atoms with Crippen LogP contribution >= 0.6 is 0 Å². The van der Waals surface area contributed by atoms with Crippen LogP contribution in [0.3, 0.4) is 0 Å². The maximum absolute atomic E-state index is 10.6. The van der Waals surface area contributed by atoms with Gasteiger partial charge in [0.2, 0.25) is 0 Å². The first-order chi connectivity index (χ1) is 13.7. The predicted molar refractivity (Wildman–Crippen MR) is 122 cm³/mol. The number of rotatable bonds is 5. The number of nitrogens with two attached hydrogens (primary N) is 1. The summed E-state index contributed by atoms with van der Waals surface area (Å²) in [4.78, 5) is 0. The van der Waals surface area contributed by atoms with E-state index in [1.807, 2.05) is 0 Å². The van der Waals surface area contributed by atoms with Gasteiger partial charge in [0, 0.05) is 6.04 Å². The minimum absolute atomic E-state index is 0.0148. The fourth-order valence-corrected chi connectivity index (χ4v) is 9.35. The van der Waals surface area contributed by atoms with Gasteiger partial charge in [-0.25, -0.2) is 0 Å². The van der Waals surface area contributed by atoms with Crippen molar-refractivity contribution in [1.82, 2.24) is 0 Å². The second kappa shape index (κ2) is 8.12. The van der Waals surface area contributed by atoms with Crippen LogP contribution in [0, 0.1) is 52.3 Å². The van der Waals surface area contributed by atoms with Crippen molar-refractivity contribution in [2.75, 3.05) is 0 Å². The lowest BCUT2D eigenvalue weighted by Gasteiger charge is -2.62. The van der Waals surface area contributed by atoms with Gasteiger partial charge in [-0.2, -0.15) is 0 Å². The lowest BCUT2D eigenvalue weighted by Crippen LogP contribution is -2.58. The van der Waals surface area contributed by atoms with Gasteiger partial charge in [0.15, 0.2) is 0 Å². The SMILES string of the molecule is CC(C)CCC[C@@H](C)[C@H]1CC[C@H]2[C@@H]3CCC4C[C@H](N)[C@@H](O)C[C@]4(C)[C@H]3CC[C@]12C. The number of aliphatic hydroxyl groups excluding tert-OH is 1. The van der Waals surface area contributed by atoms with Crippen molar-refractivity contribution in [2.24, 2.45) is 58.0 Å². The normalized spacial score (nSPS) is 50.7. The Labute approximate surface area is 180 Å². The first-order valence-electron chi connectivity index (χ1n) is 13.1. The third-order valence-electron chi connectivity index (χ3n) is 11.0. The van der Waals surface area contributed by atoms with Crippen molar-refractivity contribution < 1.29 is 5.11 Å². The van der Waals surface area contributed by atoms with Crippen molar-refractivity contribution in [3.63, 3.8) is 0 Å². The average Bonchev–Trinajstić information content (AvgIpc) is 3.00. The predicted octanol–water partition coefficient (Wildman–Crippen LogP) is 6.41. The Morgan fingerprint density at radius 3 is 2.38 bits per heavy atom. The van der Waals surface area contributed by atoms with Crippen LogP contribution in [0.5, 0.6) is 0 Å². The van der Waals surface area contributed by atoms with E-state index in [2.05, 4.69) is 34.6 Å². The second-order valence-corrected chi connectivity index (χ2v) is 12.9.